The van der Waals surface area contributed by atoms with Gasteiger partial charge in [0.2, 0.25) is 0 Å². The zero-order valence-electron chi connectivity index (χ0n) is 11.1. The first-order valence-corrected chi connectivity index (χ1v) is 7.17. The van der Waals surface area contributed by atoms with Gasteiger partial charge in [-0.05, 0) is 25.7 Å². The van der Waals surface area contributed by atoms with E-state index in [1.807, 2.05) is 7.05 Å². The molecule has 5 heteroatoms. The molecule has 4 nitrogen and oxygen atoms in total. The number of hydrogen-bond donors (Lipinski definition) is 1. The molecule has 0 bridgehead atoms. The summed E-state index contributed by atoms with van der Waals surface area (Å²) in [5.41, 5.74) is 2.27. The van der Waals surface area contributed by atoms with Crippen LogP contribution in [0.15, 0.2) is 0 Å². The Morgan fingerprint density at radius 1 is 1.44 bits per heavy atom. The highest BCUT2D eigenvalue weighted by molar-refractivity contribution is 6.30. The minimum atomic E-state index is 0.689. The van der Waals surface area contributed by atoms with Crippen molar-refractivity contribution in [2.75, 3.05) is 19.6 Å². The van der Waals surface area contributed by atoms with Crippen molar-refractivity contribution in [2.45, 2.75) is 32.4 Å². The molecule has 2 fully saturated rings. The molecular weight excluding hydrogens is 248 g/mol. The molecule has 18 heavy (non-hydrogen) atoms. The van der Waals surface area contributed by atoms with E-state index < -0.39 is 0 Å². The molecule has 1 saturated heterocycles. The van der Waals surface area contributed by atoms with Crippen molar-refractivity contribution in [1.82, 2.24) is 20.0 Å². The first kappa shape index (κ1) is 12.5. The molecule has 1 aliphatic carbocycles. The summed E-state index contributed by atoms with van der Waals surface area (Å²) in [4.78, 5) is 2.59. The molecule has 3 rings (SSSR count). The Balaban J connectivity index is 1.77. The summed E-state index contributed by atoms with van der Waals surface area (Å²) in [6.45, 7) is 6.32. The van der Waals surface area contributed by atoms with Crippen molar-refractivity contribution in [3.63, 3.8) is 0 Å². The maximum atomic E-state index is 6.33. The maximum Gasteiger partial charge on any atom is 0.131 e. The fraction of sp³-hybridized carbons (Fsp3) is 0.769. The van der Waals surface area contributed by atoms with Crippen molar-refractivity contribution < 1.29 is 0 Å². The Morgan fingerprint density at radius 2 is 2.22 bits per heavy atom. The van der Waals surface area contributed by atoms with Crippen LogP contribution in [0.25, 0.3) is 0 Å². The lowest BCUT2D eigenvalue weighted by molar-refractivity contribution is 0.135. The highest BCUT2D eigenvalue weighted by Gasteiger charge is 2.36. The topological polar surface area (TPSA) is 33.1 Å². The Kier molecular flexibility index (Phi) is 3.34. The van der Waals surface area contributed by atoms with Crippen LogP contribution in [0.3, 0.4) is 0 Å². The molecular formula is C13H21ClN4. The van der Waals surface area contributed by atoms with Gasteiger partial charge in [0.15, 0.2) is 0 Å². The standard InChI is InChI=1S/C13H21ClN4/c1-9-11(13(14)17(2)16-9)8-18-6-5-15-7-12(18)10-3-4-10/h10,12,15H,3-8H2,1-2H3. The summed E-state index contributed by atoms with van der Waals surface area (Å²) in [5.74, 6) is 0.897. The van der Waals surface area contributed by atoms with Gasteiger partial charge in [-0.2, -0.15) is 5.10 Å². The van der Waals surface area contributed by atoms with Gasteiger partial charge in [0.05, 0.1) is 5.69 Å². The van der Waals surface area contributed by atoms with Crippen LogP contribution in [0.1, 0.15) is 24.1 Å². The van der Waals surface area contributed by atoms with Gasteiger partial charge < -0.3 is 5.32 Å². The number of aromatic nitrogens is 2. The predicted octanol–water partition coefficient (Wildman–Crippen LogP) is 1.57. The molecule has 1 N–H and O–H groups in total. The Morgan fingerprint density at radius 3 is 2.83 bits per heavy atom. The third kappa shape index (κ3) is 2.29. The van der Waals surface area contributed by atoms with E-state index in [9.17, 15) is 0 Å². The van der Waals surface area contributed by atoms with E-state index in [4.69, 9.17) is 11.6 Å². The Hall–Kier alpha value is -0.580. The zero-order chi connectivity index (χ0) is 12.7. The number of rotatable bonds is 3. The van der Waals surface area contributed by atoms with Crippen LogP contribution in [-0.4, -0.2) is 40.4 Å². The molecule has 0 aromatic carbocycles. The van der Waals surface area contributed by atoms with Gasteiger partial charge in [0.25, 0.3) is 0 Å². The molecule has 1 aromatic rings. The van der Waals surface area contributed by atoms with Gasteiger partial charge in [-0.15, -0.1) is 0 Å². The quantitative estimate of drug-likeness (QED) is 0.903. The normalized spacial score (nSPS) is 25.6. The predicted molar refractivity (Wildman–Crippen MR) is 72.7 cm³/mol. The number of piperazine rings is 1. The summed E-state index contributed by atoms with van der Waals surface area (Å²) >= 11 is 6.33. The number of nitrogens with zero attached hydrogens (tertiary/aromatic N) is 3. The van der Waals surface area contributed by atoms with E-state index in [0.717, 1.165) is 42.9 Å². The average molecular weight is 269 g/mol. The van der Waals surface area contributed by atoms with E-state index in [1.54, 1.807) is 4.68 Å². The highest BCUT2D eigenvalue weighted by Crippen LogP contribution is 2.36. The van der Waals surface area contributed by atoms with Crippen LogP contribution in [0.2, 0.25) is 5.15 Å². The van der Waals surface area contributed by atoms with Crippen LogP contribution in [0, 0.1) is 12.8 Å². The largest absolute Gasteiger partial charge is 0.314 e. The molecule has 1 saturated carbocycles. The van der Waals surface area contributed by atoms with Crippen molar-refractivity contribution >= 4 is 11.6 Å². The lowest BCUT2D eigenvalue weighted by Gasteiger charge is -2.36. The number of nitrogens with one attached hydrogen (secondary N) is 1. The van der Waals surface area contributed by atoms with Gasteiger partial charge in [-0.25, -0.2) is 0 Å². The molecule has 100 valence electrons. The molecule has 0 amide bonds. The second kappa shape index (κ2) is 4.83. The van der Waals surface area contributed by atoms with Gasteiger partial charge in [-0.1, -0.05) is 11.6 Å². The van der Waals surface area contributed by atoms with E-state index in [1.165, 1.54) is 18.4 Å². The number of hydrogen-bond acceptors (Lipinski definition) is 3. The molecule has 0 radical (unpaired) electrons. The first-order valence-electron chi connectivity index (χ1n) is 6.79. The molecule has 1 atom stereocenters. The second-order valence-electron chi connectivity index (χ2n) is 5.56. The molecule has 1 unspecified atom stereocenters. The monoisotopic (exact) mass is 268 g/mol. The summed E-state index contributed by atoms with van der Waals surface area (Å²) in [5, 5.41) is 8.71. The van der Waals surface area contributed by atoms with E-state index >= 15 is 0 Å². The third-order valence-corrected chi connectivity index (χ3v) is 4.67. The summed E-state index contributed by atoms with van der Waals surface area (Å²) < 4.78 is 1.78. The molecule has 2 aliphatic rings. The number of aryl methyl sites for hydroxylation is 2. The van der Waals surface area contributed by atoms with Gasteiger partial charge in [0, 0.05) is 44.8 Å². The first-order chi connectivity index (χ1) is 8.66. The van der Waals surface area contributed by atoms with Crippen LogP contribution < -0.4 is 5.32 Å². The van der Waals surface area contributed by atoms with Crippen molar-refractivity contribution in [3.05, 3.63) is 16.4 Å². The maximum absolute atomic E-state index is 6.33. The van der Waals surface area contributed by atoms with Gasteiger partial charge in [0.1, 0.15) is 5.15 Å². The van der Waals surface area contributed by atoms with Crippen LogP contribution in [0.4, 0.5) is 0 Å². The van der Waals surface area contributed by atoms with Crippen molar-refractivity contribution in [2.24, 2.45) is 13.0 Å². The lowest BCUT2D eigenvalue weighted by Crippen LogP contribution is -2.51. The number of halogens is 1. The minimum absolute atomic E-state index is 0.689. The van der Waals surface area contributed by atoms with E-state index in [2.05, 4.69) is 22.2 Å². The van der Waals surface area contributed by atoms with Crippen LogP contribution in [-0.2, 0) is 13.6 Å². The molecule has 0 spiro atoms. The average Bonchev–Trinajstić information content (AvgIpc) is 3.16. The van der Waals surface area contributed by atoms with Crippen LogP contribution in [0.5, 0.6) is 0 Å². The zero-order valence-corrected chi connectivity index (χ0v) is 11.9. The van der Waals surface area contributed by atoms with E-state index in [-0.39, 0.29) is 0 Å². The molecule has 1 aliphatic heterocycles. The van der Waals surface area contributed by atoms with Gasteiger partial charge >= 0.3 is 0 Å². The fourth-order valence-corrected chi connectivity index (χ4v) is 3.20. The lowest BCUT2D eigenvalue weighted by atomic mass is 10.1. The summed E-state index contributed by atoms with van der Waals surface area (Å²) in [7, 11) is 1.91. The smallest absolute Gasteiger partial charge is 0.131 e. The SMILES string of the molecule is Cc1nn(C)c(Cl)c1CN1CCNCC1C1CC1. The third-order valence-electron chi connectivity index (χ3n) is 4.20. The van der Waals surface area contributed by atoms with Crippen molar-refractivity contribution in [1.29, 1.82) is 0 Å². The Labute approximate surface area is 113 Å². The summed E-state index contributed by atoms with van der Waals surface area (Å²) in [6.07, 6.45) is 2.78. The fourth-order valence-electron chi connectivity index (χ4n) is 2.97. The highest BCUT2D eigenvalue weighted by atomic mass is 35.5. The minimum Gasteiger partial charge on any atom is -0.314 e. The second-order valence-corrected chi connectivity index (χ2v) is 5.92. The van der Waals surface area contributed by atoms with E-state index in [0.29, 0.717) is 6.04 Å². The van der Waals surface area contributed by atoms with Crippen LogP contribution >= 0.6 is 11.6 Å². The van der Waals surface area contributed by atoms with Crippen molar-refractivity contribution in [3.8, 4) is 0 Å². The Bertz CT molecular complexity index is 438. The summed E-state index contributed by atoms with van der Waals surface area (Å²) in [6, 6.07) is 0.689. The molecule has 1 aromatic heterocycles. The molecule has 2 heterocycles. The van der Waals surface area contributed by atoms with Gasteiger partial charge in [-0.3, -0.25) is 9.58 Å².